The predicted octanol–water partition coefficient (Wildman–Crippen LogP) is 4.75. The van der Waals surface area contributed by atoms with Crippen LogP contribution in [0.4, 0.5) is 11.4 Å². The molecule has 1 saturated heterocycles. The van der Waals surface area contributed by atoms with Crippen LogP contribution in [0.5, 0.6) is 0 Å². The Bertz CT molecular complexity index is 1380. The van der Waals surface area contributed by atoms with Crippen molar-refractivity contribution in [2.24, 2.45) is 0 Å². The van der Waals surface area contributed by atoms with Gasteiger partial charge in [0, 0.05) is 11.3 Å². The number of rotatable bonds is 5. The molecule has 0 saturated carbocycles. The van der Waals surface area contributed by atoms with Gasteiger partial charge >= 0.3 is 0 Å². The Hall–Kier alpha value is -3.75. The maximum atomic E-state index is 13.6. The fourth-order valence-corrected chi connectivity index (χ4v) is 5.42. The number of nitrogens with zero attached hydrogens (tertiary/aromatic N) is 2. The Morgan fingerprint density at radius 3 is 2.31 bits per heavy atom. The molecule has 2 aliphatic heterocycles. The van der Waals surface area contributed by atoms with Crippen LogP contribution in [0.3, 0.4) is 0 Å². The molecule has 0 radical (unpaired) electrons. The van der Waals surface area contributed by atoms with Gasteiger partial charge in [-0.2, -0.15) is 0 Å². The second-order valence-electron chi connectivity index (χ2n) is 8.27. The van der Waals surface area contributed by atoms with Crippen LogP contribution in [0.1, 0.15) is 16.7 Å². The Labute approximate surface area is 212 Å². The number of hydrogen-bond donors (Lipinski definition) is 1. The molecule has 3 aromatic carbocycles. The Kier molecular flexibility index (Phi) is 6.23. The molecule has 8 heteroatoms. The summed E-state index contributed by atoms with van der Waals surface area (Å²) < 4.78 is 0.405. The van der Waals surface area contributed by atoms with Crippen molar-refractivity contribution in [1.82, 2.24) is 4.90 Å². The molecule has 0 unspecified atom stereocenters. The molecule has 35 heavy (non-hydrogen) atoms. The normalized spacial score (nSPS) is 17.2. The van der Waals surface area contributed by atoms with Crippen molar-refractivity contribution in [2.45, 2.75) is 13.5 Å². The molecule has 174 valence electrons. The van der Waals surface area contributed by atoms with Gasteiger partial charge in [0.25, 0.3) is 11.8 Å². The second-order valence-corrected chi connectivity index (χ2v) is 9.92. The van der Waals surface area contributed by atoms with Crippen molar-refractivity contribution >= 4 is 63.0 Å². The number of fused-ring (bicyclic) bond motifs is 1. The van der Waals surface area contributed by atoms with Gasteiger partial charge in [-0.1, -0.05) is 90.2 Å². The van der Waals surface area contributed by atoms with Gasteiger partial charge in [-0.05, 0) is 30.7 Å². The average molecular weight is 500 g/mol. The summed E-state index contributed by atoms with van der Waals surface area (Å²) in [6.45, 7) is 2.13. The first kappa shape index (κ1) is 23.0. The average Bonchev–Trinajstić information content (AvgIpc) is 3.28. The summed E-state index contributed by atoms with van der Waals surface area (Å²) in [6.07, 6.45) is 0. The molecule has 0 aliphatic carbocycles. The van der Waals surface area contributed by atoms with E-state index in [9.17, 15) is 14.4 Å². The second kappa shape index (κ2) is 9.48. The minimum absolute atomic E-state index is 0.169. The van der Waals surface area contributed by atoms with Crippen LogP contribution in [0.25, 0.3) is 5.57 Å². The van der Waals surface area contributed by atoms with Crippen molar-refractivity contribution in [3.05, 3.63) is 100 Å². The van der Waals surface area contributed by atoms with Crippen LogP contribution in [-0.2, 0) is 20.9 Å². The number of nitrogens with one attached hydrogen (secondary N) is 1. The Morgan fingerprint density at radius 2 is 1.57 bits per heavy atom. The van der Waals surface area contributed by atoms with Gasteiger partial charge in [-0.3, -0.25) is 24.2 Å². The zero-order valence-electron chi connectivity index (χ0n) is 18.9. The van der Waals surface area contributed by atoms with Crippen LogP contribution in [0, 0.1) is 6.92 Å². The van der Waals surface area contributed by atoms with E-state index in [1.54, 1.807) is 18.2 Å². The molecule has 3 aromatic rings. The molecule has 6 nitrogen and oxygen atoms in total. The van der Waals surface area contributed by atoms with Gasteiger partial charge < -0.3 is 5.32 Å². The van der Waals surface area contributed by atoms with Gasteiger partial charge in [0.15, 0.2) is 0 Å². The lowest BCUT2D eigenvalue weighted by atomic mass is 10.1. The van der Waals surface area contributed by atoms with Gasteiger partial charge in [0.1, 0.15) is 10.9 Å². The number of benzene rings is 3. The lowest BCUT2D eigenvalue weighted by molar-refractivity contribution is -0.122. The summed E-state index contributed by atoms with van der Waals surface area (Å²) in [7, 11) is 0. The van der Waals surface area contributed by atoms with E-state index in [1.165, 1.54) is 9.80 Å². The van der Waals surface area contributed by atoms with E-state index < -0.39 is 0 Å². The maximum Gasteiger partial charge on any atom is 0.267 e. The number of carbonyl (C=O) groups excluding carboxylic acids is 3. The summed E-state index contributed by atoms with van der Waals surface area (Å²) in [6, 6.07) is 24.2. The van der Waals surface area contributed by atoms with E-state index >= 15 is 0 Å². The van der Waals surface area contributed by atoms with E-state index in [-0.39, 0.29) is 29.8 Å². The summed E-state index contributed by atoms with van der Waals surface area (Å²) in [5, 5.41) is 2.83. The summed E-state index contributed by atoms with van der Waals surface area (Å²) in [4.78, 5) is 42.9. The van der Waals surface area contributed by atoms with E-state index in [0.29, 0.717) is 32.7 Å². The molecule has 5 rings (SSSR count). The molecule has 0 bridgehead atoms. The Balaban J connectivity index is 1.43. The first-order valence-corrected chi connectivity index (χ1v) is 12.2. The highest BCUT2D eigenvalue weighted by Crippen LogP contribution is 2.44. The zero-order chi connectivity index (χ0) is 24.5. The van der Waals surface area contributed by atoms with E-state index in [2.05, 4.69) is 5.32 Å². The number of hydrogen-bond acceptors (Lipinski definition) is 5. The Morgan fingerprint density at radius 1 is 0.886 bits per heavy atom. The van der Waals surface area contributed by atoms with Crippen LogP contribution >= 0.6 is 24.0 Å². The van der Waals surface area contributed by atoms with Crippen LogP contribution in [-0.4, -0.2) is 33.5 Å². The molecule has 2 aliphatic rings. The van der Waals surface area contributed by atoms with Crippen molar-refractivity contribution < 1.29 is 14.4 Å². The number of amides is 3. The molecule has 0 atom stereocenters. The lowest BCUT2D eigenvalue weighted by Crippen LogP contribution is -2.35. The summed E-state index contributed by atoms with van der Waals surface area (Å²) in [5.74, 6) is -1.01. The number of aryl methyl sites for hydroxylation is 1. The van der Waals surface area contributed by atoms with Crippen molar-refractivity contribution in [3.63, 3.8) is 0 Å². The lowest BCUT2D eigenvalue weighted by Gasteiger charge is -2.17. The predicted molar refractivity (Wildman–Crippen MR) is 143 cm³/mol. The van der Waals surface area contributed by atoms with E-state index in [0.717, 1.165) is 22.9 Å². The third kappa shape index (κ3) is 4.50. The SMILES string of the molecule is Cc1ccc(NC(=O)CN2C(=O)/C(=C3/SC(=S)N(Cc4ccccc4)C3=O)c3ccccc32)cc1. The number of anilines is 2. The maximum absolute atomic E-state index is 13.6. The highest BCUT2D eigenvalue weighted by molar-refractivity contribution is 8.26. The fourth-order valence-electron chi connectivity index (χ4n) is 4.09. The number of thioether (sulfide) groups is 1. The largest absolute Gasteiger partial charge is 0.325 e. The van der Waals surface area contributed by atoms with E-state index in [4.69, 9.17) is 12.2 Å². The standard InChI is InChI=1S/C27H21N3O3S2/c1-17-11-13-19(14-12-17)28-22(31)16-29-21-10-6-5-9-20(21)23(25(29)32)24-26(33)30(27(34)35-24)15-18-7-3-2-4-8-18/h2-14H,15-16H2,1H3,(H,28,31)/b24-23+. The van der Waals surface area contributed by atoms with Crippen molar-refractivity contribution in [3.8, 4) is 0 Å². The highest BCUT2D eigenvalue weighted by atomic mass is 32.2. The number of thiocarbonyl (C=S) groups is 1. The van der Waals surface area contributed by atoms with Gasteiger partial charge in [0.2, 0.25) is 5.91 Å². The molecular weight excluding hydrogens is 478 g/mol. The van der Waals surface area contributed by atoms with Crippen LogP contribution in [0.15, 0.2) is 83.8 Å². The molecule has 0 spiro atoms. The number of carbonyl (C=O) groups is 3. The molecule has 1 N–H and O–H groups in total. The number of para-hydroxylation sites is 1. The fraction of sp³-hybridized carbons (Fsp3) is 0.111. The van der Waals surface area contributed by atoms with Crippen LogP contribution in [0.2, 0.25) is 0 Å². The minimum atomic E-state index is -0.384. The topological polar surface area (TPSA) is 69.7 Å². The summed E-state index contributed by atoms with van der Waals surface area (Å²) >= 11 is 6.62. The summed E-state index contributed by atoms with van der Waals surface area (Å²) in [5.41, 5.74) is 4.20. The van der Waals surface area contributed by atoms with Crippen molar-refractivity contribution in [2.75, 3.05) is 16.8 Å². The van der Waals surface area contributed by atoms with Gasteiger partial charge in [0.05, 0.1) is 22.7 Å². The third-order valence-electron chi connectivity index (χ3n) is 5.82. The molecule has 0 aromatic heterocycles. The zero-order valence-corrected chi connectivity index (χ0v) is 20.5. The van der Waals surface area contributed by atoms with Gasteiger partial charge in [-0.15, -0.1) is 0 Å². The molecule has 2 heterocycles. The monoisotopic (exact) mass is 499 g/mol. The molecule has 1 fully saturated rings. The smallest absolute Gasteiger partial charge is 0.267 e. The third-order valence-corrected chi connectivity index (χ3v) is 7.27. The highest BCUT2D eigenvalue weighted by Gasteiger charge is 2.42. The molecular formula is C27H21N3O3S2. The molecule has 3 amide bonds. The first-order valence-electron chi connectivity index (χ1n) is 11.0. The van der Waals surface area contributed by atoms with E-state index in [1.807, 2.05) is 67.6 Å². The first-order chi connectivity index (χ1) is 16.9. The van der Waals surface area contributed by atoms with Crippen molar-refractivity contribution in [1.29, 1.82) is 0 Å². The van der Waals surface area contributed by atoms with Gasteiger partial charge in [-0.25, -0.2) is 0 Å². The minimum Gasteiger partial charge on any atom is -0.325 e. The van der Waals surface area contributed by atoms with Crippen LogP contribution < -0.4 is 10.2 Å². The quantitative estimate of drug-likeness (QED) is 0.405.